The molecule has 0 saturated heterocycles. The number of nitriles is 1. The van der Waals surface area contributed by atoms with Crippen LogP contribution in [0.2, 0.25) is 5.02 Å². The van der Waals surface area contributed by atoms with E-state index < -0.39 is 0 Å². The number of hydrogen-bond acceptors (Lipinski definition) is 3. The number of nitrogens with zero attached hydrogens (tertiary/aromatic N) is 2. The molecule has 2 rings (SSSR count). The molecule has 0 aliphatic rings. The lowest BCUT2D eigenvalue weighted by molar-refractivity contribution is 0.434. The third kappa shape index (κ3) is 2.13. The van der Waals surface area contributed by atoms with E-state index in [-0.39, 0.29) is 0 Å². The molecule has 2 N–H and O–H groups in total. The SMILES string of the molecule is CCn1c(C#N)cc(N)c1Oc1ccccc1Cl. The van der Waals surface area contributed by atoms with Gasteiger partial charge < -0.3 is 15.0 Å². The maximum absolute atomic E-state index is 9.00. The molecule has 0 aliphatic carbocycles. The lowest BCUT2D eigenvalue weighted by atomic mass is 10.3. The van der Waals surface area contributed by atoms with Crippen LogP contribution in [0.1, 0.15) is 12.6 Å². The number of para-hydroxylation sites is 1. The minimum atomic E-state index is 0.424. The van der Waals surface area contributed by atoms with Crippen molar-refractivity contribution in [3.63, 3.8) is 0 Å². The molecule has 0 bridgehead atoms. The summed E-state index contributed by atoms with van der Waals surface area (Å²) >= 11 is 6.02. The van der Waals surface area contributed by atoms with Gasteiger partial charge in [-0.15, -0.1) is 0 Å². The monoisotopic (exact) mass is 261 g/mol. The summed E-state index contributed by atoms with van der Waals surface area (Å²) in [5.74, 6) is 0.963. The highest BCUT2D eigenvalue weighted by atomic mass is 35.5. The predicted molar refractivity (Wildman–Crippen MR) is 70.8 cm³/mol. The molecule has 2 aromatic rings. The molecule has 0 amide bonds. The first kappa shape index (κ1) is 12.3. The lowest BCUT2D eigenvalue weighted by Crippen LogP contribution is -2.01. The van der Waals surface area contributed by atoms with Crippen LogP contribution in [0.4, 0.5) is 5.69 Å². The van der Waals surface area contributed by atoms with Crippen LogP contribution < -0.4 is 10.5 Å². The fraction of sp³-hybridized carbons (Fsp3) is 0.154. The van der Waals surface area contributed by atoms with Gasteiger partial charge in [-0.2, -0.15) is 5.26 Å². The second-order valence-corrected chi connectivity index (χ2v) is 4.09. The number of benzene rings is 1. The number of rotatable bonds is 3. The van der Waals surface area contributed by atoms with Gasteiger partial charge in [-0.25, -0.2) is 0 Å². The first-order valence-corrected chi connectivity index (χ1v) is 5.86. The summed E-state index contributed by atoms with van der Waals surface area (Å²) in [5.41, 5.74) is 6.75. The highest BCUT2D eigenvalue weighted by Crippen LogP contribution is 2.34. The molecule has 4 nitrogen and oxygen atoms in total. The van der Waals surface area contributed by atoms with E-state index in [9.17, 15) is 0 Å². The van der Waals surface area contributed by atoms with Crippen molar-refractivity contribution >= 4 is 17.3 Å². The molecule has 0 aliphatic heterocycles. The third-order valence-corrected chi connectivity index (χ3v) is 2.86. The summed E-state index contributed by atoms with van der Waals surface area (Å²) in [4.78, 5) is 0. The van der Waals surface area contributed by atoms with Gasteiger partial charge in [0, 0.05) is 12.6 Å². The lowest BCUT2D eigenvalue weighted by Gasteiger charge is -2.11. The van der Waals surface area contributed by atoms with Gasteiger partial charge in [-0.3, -0.25) is 0 Å². The number of anilines is 1. The number of aromatic nitrogens is 1. The quantitative estimate of drug-likeness (QED) is 0.921. The number of nitrogens with two attached hydrogens (primary N) is 1. The zero-order valence-corrected chi connectivity index (χ0v) is 10.6. The van der Waals surface area contributed by atoms with Crippen LogP contribution in [0.15, 0.2) is 30.3 Å². The number of halogens is 1. The Morgan fingerprint density at radius 2 is 2.17 bits per heavy atom. The zero-order valence-electron chi connectivity index (χ0n) is 9.85. The molecule has 0 unspecified atom stereocenters. The molecule has 5 heteroatoms. The van der Waals surface area contributed by atoms with E-state index in [0.717, 1.165) is 0 Å². The van der Waals surface area contributed by atoms with Crippen molar-refractivity contribution in [3.05, 3.63) is 41.0 Å². The van der Waals surface area contributed by atoms with Gasteiger partial charge >= 0.3 is 0 Å². The van der Waals surface area contributed by atoms with Crippen LogP contribution in [-0.4, -0.2) is 4.57 Å². The van der Waals surface area contributed by atoms with Gasteiger partial charge in [0.05, 0.1) is 10.7 Å². The largest absolute Gasteiger partial charge is 0.437 e. The number of hydrogen-bond donors (Lipinski definition) is 1. The van der Waals surface area contributed by atoms with Crippen LogP contribution in [0, 0.1) is 11.3 Å². The highest BCUT2D eigenvalue weighted by Gasteiger charge is 2.15. The normalized spacial score (nSPS) is 10.1. The first-order valence-electron chi connectivity index (χ1n) is 5.48. The zero-order chi connectivity index (χ0) is 13.1. The van der Waals surface area contributed by atoms with E-state index in [0.29, 0.717) is 34.6 Å². The molecule has 1 aromatic heterocycles. The van der Waals surface area contributed by atoms with Crippen molar-refractivity contribution < 1.29 is 4.74 Å². The molecule has 0 radical (unpaired) electrons. The maximum atomic E-state index is 9.00. The maximum Gasteiger partial charge on any atom is 0.224 e. The Kier molecular flexibility index (Phi) is 3.45. The Morgan fingerprint density at radius 3 is 2.78 bits per heavy atom. The van der Waals surface area contributed by atoms with Gasteiger partial charge in [0.1, 0.15) is 17.5 Å². The van der Waals surface area contributed by atoms with Gasteiger partial charge in [-0.1, -0.05) is 23.7 Å². The summed E-state index contributed by atoms with van der Waals surface area (Å²) < 4.78 is 7.41. The van der Waals surface area contributed by atoms with E-state index in [4.69, 9.17) is 27.3 Å². The van der Waals surface area contributed by atoms with Crippen LogP contribution in [-0.2, 0) is 6.54 Å². The molecular weight excluding hydrogens is 250 g/mol. The summed E-state index contributed by atoms with van der Waals surface area (Å²) in [6.07, 6.45) is 0. The van der Waals surface area contributed by atoms with Crippen LogP contribution in [0.25, 0.3) is 0 Å². The van der Waals surface area contributed by atoms with E-state index in [1.54, 1.807) is 22.8 Å². The van der Waals surface area contributed by atoms with Crippen LogP contribution in [0.5, 0.6) is 11.6 Å². The second-order valence-electron chi connectivity index (χ2n) is 3.68. The fourth-order valence-electron chi connectivity index (χ4n) is 1.70. The molecule has 0 saturated carbocycles. The minimum absolute atomic E-state index is 0.424. The molecule has 1 heterocycles. The van der Waals surface area contributed by atoms with Crippen molar-refractivity contribution in [1.29, 1.82) is 5.26 Å². The highest BCUT2D eigenvalue weighted by molar-refractivity contribution is 6.32. The summed E-state index contributed by atoms with van der Waals surface area (Å²) in [5, 5.41) is 9.50. The first-order chi connectivity index (χ1) is 8.67. The average Bonchev–Trinajstić information content (AvgIpc) is 2.68. The van der Waals surface area contributed by atoms with Gasteiger partial charge in [0.2, 0.25) is 5.88 Å². The Balaban J connectivity index is 2.44. The standard InChI is InChI=1S/C13H12ClN3O/c1-2-17-9(8-15)7-11(16)13(17)18-12-6-4-3-5-10(12)14/h3-7H,2,16H2,1H3. The molecule has 18 heavy (non-hydrogen) atoms. The molecule has 92 valence electrons. The topological polar surface area (TPSA) is 64.0 Å². The second kappa shape index (κ2) is 5.03. The Hall–Kier alpha value is -2.12. The Morgan fingerprint density at radius 1 is 1.44 bits per heavy atom. The van der Waals surface area contributed by atoms with E-state index >= 15 is 0 Å². The van der Waals surface area contributed by atoms with E-state index in [1.807, 2.05) is 19.1 Å². The Labute approximate surface area is 110 Å². The molecule has 1 aromatic carbocycles. The molecular formula is C13H12ClN3O. The van der Waals surface area contributed by atoms with Gasteiger partial charge in [0.25, 0.3) is 0 Å². The molecule has 0 fully saturated rings. The molecule has 0 spiro atoms. The average molecular weight is 262 g/mol. The summed E-state index contributed by atoms with van der Waals surface area (Å²) in [6.45, 7) is 2.51. The fourth-order valence-corrected chi connectivity index (χ4v) is 1.88. The number of nitrogen functional groups attached to an aromatic ring is 1. The van der Waals surface area contributed by atoms with Gasteiger partial charge in [-0.05, 0) is 19.1 Å². The van der Waals surface area contributed by atoms with Crippen LogP contribution >= 0.6 is 11.6 Å². The van der Waals surface area contributed by atoms with E-state index in [2.05, 4.69) is 6.07 Å². The van der Waals surface area contributed by atoms with Crippen molar-refractivity contribution in [2.45, 2.75) is 13.5 Å². The van der Waals surface area contributed by atoms with Gasteiger partial charge in [0.15, 0.2) is 0 Å². The minimum Gasteiger partial charge on any atom is -0.437 e. The summed E-state index contributed by atoms with van der Waals surface area (Å²) in [6, 6.07) is 10.8. The van der Waals surface area contributed by atoms with Crippen molar-refractivity contribution in [3.8, 4) is 17.7 Å². The van der Waals surface area contributed by atoms with Crippen molar-refractivity contribution in [2.24, 2.45) is 0 Å². The molecule has 0 atom stereocenters. The van der Waals surface area contributed by atoms with E-state index in [1.165, 1.54) is 0 Å². The van der Waals surface area contributed by atoms with Crippen molar-refractivity contribution in [1.82, 2.24) is 4.57 Å². The summed E-state index contributed by atoms with van der Waals surface area (Å²) in [7, 11) is 0. The Bertz CT molecular complexity index is 613. The predicted octanol–water partition coefficient (Wildman–Crippen LogP) is 3.41. The number of ether oxygens (including phenoxy) is 1. The van der Waals surface area contributed by atoms with Crippen LogP contribution in [0.3, 0.4) is 0 Å². The smallest absolute Gasteiger partial charge is 0.224 e. The third-order valence-electron chi connectivity index (χ3n) is 2.55. The van der Waals surface area contributed by atoms with Crippen molar-refractivity contribution in [2.75, 3.05) is 5.73 Å².